The average Bonchev–Trinajstić information content (AvgIpc) is 3.25. The third-order valence-corrected chi connectivity index (χ3v) is 11.6. The number of halogens is 4. The van der Waals surface area contributed by atoms with Crippen molar-refractivity contribution in [3.63, 3.8) is 0 Å². The van der Waals surface area contributed by atoms with Gasteiger partial charge >= 0.3 is 14.5 Å². The van der Waals surface area contributed by atoms with E-state index in [0.717, 1.165) is 15.1 Å². The zero-order valence-corrected chi connectivity index (χ0v) is 22.6. The van der Waals surface area contributed by atoms with Gasteiger partial charge in [0.2, 0.25) is 11.2 Å². The summed E-state index contributed by atoms with van der Waals surface area (Å²) in [6.07, 6.45) is -4.05. The van der Waals surface area contributed by atoms with E-state index in [-0.39, 0.29) is 16.2 Å². The summed E-state index contributed by atoms with van der Waals surface area (Å²) in [7, 11) is -3.11. The van der Waals surface area contributed by atoms with E-state index in [1.807, 2.05) is 60.7 Å². The van der Waals surface area contributed by atoms with Gasteiger partial charge in [0.1, 0.15) is 5.56 Å². The fourth-order valence-electron chi connectivity index (χ4n) is 4.78. The third-order valence-electron chi connectivity index (χ3n) is 6.47. The summed E-state index contributed by atoms with van der Waals surface area (Å²) in [6.45, 7) is 6.35. The Labute approximate surface area is 224 Å². The van der Waals surface area contributed by atoms with Crippen LogP contribution in [-0.2, 0) is 6.18 Å². The highest BCUT2D eigenvalue weighted by molar-refractivity contribution is 7.00. The Morgan fingerprint density at radius 1 is 0.816 bits per heavy atom. The second-order valence-corrected chi connectivity index (χ2v) is 14.4. The molecule has 5 aromatic rings. The Hall–Kier alpha value is -3.69. The fraction of sp³-hybridized carbons (Fsp3) is 0.179. The molecule has 0 N–H and O–H groups in total. The molecule has 5 rings (SSSR count). The zero-order chi connectivity index (χ0) is 27.1. The second-order valence-electron chi connectivity index (χ2n) is 9.87. The van der Waals surface area contributed by atoms with E-state index >= 15 is 0 Å². The number of hydrogen-bond acceptors (Lipinski definition) is 4. The van der Waals surface area contributed by atoms with Crippen LogP contribution in [0.1, 0.15) is 26.3 Å². The minimum atomic E-state index is -4.72. The highest BCUT2D eigenvalue weighted by Crippen LogP contribution is 2.40. The van der Waals surface area contributed by atoms with Crippen molar-refractivity contribution in [1.82, 2.24) is 19.7 Å². The standard InChI is InChI=1S/C28H24ClF3N4OSi/c1-27(2,3)38(19-12-6-4-7-13-19,20-14-8-5-9-15-20)37-25-21-16-10-11-17-23(21)36(35-25)24-22(28(30,31)32)18-33-26(29)34-24/h4-18H,1-3H3. The minimum absolute atomic E-state index is 0.220. The zero-order valence-electron chi connectivity index (χ0n) is 20.9. The van der Waals surface area contributed by atoms with Crippen LogP contribution in [0.15, 0.2) is 91.1 Å². The predicted octanol–water partition coefficient (Wildman–Crippen LogP) is 6.43. The summed E-state index contributed by atoms with van der Waals surface area (Å²) in [4.78, 5) is 7.48. The van der Waals surface area contributed by atoms with Crippen LogP contribution >= 0.6 is 11.6 Å². The molecule has 194 valence electrons. The maximum absolute atomic E-state index is 14.0. The fourth-order valence-corrected chi connectivity index (χ4v) is 9.28. The highest BCUT2D eigenvalue weighted by Gasteiger charge is 2.53. The van der Waals surface area contributed by atoms with E-state index in [2.05, 4.69) is 35.8 Å². The summed E-state index contributed by atoms with van der Waals surface area (Å²) in [6, 6.07) is 26.9. The van der Waals surface area contributed by atoms with Crippen molar-refractivity contribution in [2.24, 2.45) is 0 Å². The smallest absolute Gasteiger partial charge is 0.421 e. The lowest BCUT2D eigenvalue weighted by Gasteiger charge is -2.42. The maximum atomic E-state index is 14.0. The molecular weight excluding hydrogens is 529 g/mol. The summed E-state index contributed by atoms with van der Waals surface area (Å²) in [5.41, 5.74) is -0.646. The number of nitrogens with zero attached hydrogens (tertiary/aromatic N) is 4. The molecule has 0 bridgehead atoms. The molecule has 2 aromatic heterocycles. The van der Waals surface area contributed by atoms with Crippen LogP contribution in [0.3, 0.4) is 0 Å². The van der Waals surface area contributed by atoms with Crippen molar-refractivity contribution < 1.29 is 17.6 Å². The molecule has 0 atom stereocenters. The molecule has 0 amide bonds. The first kappa shape index (κ1) is 25.9. The van der Waals surface area contributed by atoms with Crippen molar-refractivity contribution in [3.8, 4) is 11.7 Å². The molecule has 0 aliphatic rings. The second kappa shape index (κ2) is 9.56. The van der Waals surface area contributed by atoms with Gasteiger partial charge in [-0.1, -0.05) is 93.6 Å². The lowest BCUT2D eigenvalue weighted by atomic mass is 10.2. The van der Waals surface area contributed by atoms with Crippen molar-refractivity contribution in [2.45, 2.75) is 32.0 Å². The Bertz CT molecular complexity index is 1550. The number of rotatable bonds is 5. The number of para-hydroxylation sites is 1. The third kappa shape index (κ3) is 4.46. The van der Waals surface area contributed by atoms with E-state index in [1.54, 1.807) is 24.3 Å². The van der Waals surface area contributed by atoms with Crippen molar-refractivity contribution in [3.05, 3.63) is 102 Å². The summed E-state index contributed by atoms with van der Waals surface area (Å²) < 4.78 is 50.1. The number of hydrogen-bond donors (Lipinski definition) is 0. The lowest BCUT2D eigenvalue weighted by molar-refractivity contribution is -0.138. The number of aromatic nitrogens is 4. The van der Waals surface area contributed by atoms with Crippen LogP contribution < -0.4 is 14.8 Å². The van der Waals surface area contributed by atoms with E-state index in [0.29, 0.717) is 17.1 Å². The van der Waals surface area contributed by atoms with Gasteiger partial charge in [0.25, 0.3) is 0 Å². The number of fused-ring (bicyclic) bond motifs is 1. The van der Waals surface area contributed by atoms with E-state index in [9.17, 15) is 13.2 Å². The van der Waals surface area contributed by atoms with Crippen LogP contribution in [0.5, 0.6) is 5.88 Å². The first-order valence-electron chi connectivity index (χ1n) is 11.9. The van der Waals surface area contributed by atoms with Gasteiger partial charge in [-0.2, -0.15) is 18.2 Å². The van der Waals surface area contributed by atoms with E-state index in [4.69, 9.17) is 16.0 Å². The minimum Gasteiger partial charge on any atom is -0.520 e. The molecule has 0 aliphatic heterocycles. The molecule has 0 saturated heterocycles. The van der Waals surface area contributed by atoms with Crippen molar-refractivity contribution >= 4 is 41.2 Å². The molecule has 2 heterocycles. The van der Waals surface area contributed by atoms with Crippen molar-refractivity contribution in [1.29, 1.82) is 0 Å². The quantitative estimate of drug-likeness (QED) is 0.186. The van der Waals surface area contributed by atoms with Gasteiger partial charge in [-0.25, -0.2) is 9.67 Å². The molecule has 38 heavy (non-hydrogen) atoms. The molecule has 0 aliphatic carbocycles. The topological polar surface area (TPSA) is 52.8 Å². The molecule has 0 fully saturated rings. The van der Waals surface area contributed by atoms with Crippen LogP contribution in [0.2, 0.25) is 10.3 Å². The predicted molar refractivity (Wildman–Crippen MR) is 145 cm³/mol. The SMILES string of the molecule is CC(C)(C)[Si](Oc1nn(-c2nc(Cl)ncc2C(F)(F)F)c2ccccc12)(c1ccccc1)c1ccccc1. The number of benzene rings is 3. The van der Waals surface area contributed by atoms with Gasteiger partial charge in [-0.05, 0) is 39.1 Å². The van der Waals surface area contributed by atoms with Gasteiger partial charge in [-0.3, -0.25) is 0 Å². The van der Waals surface area contributed by atoms with Crippen LogP contribution in [-0.4, -0.2) is 28.1 Å². The first-order chi connectivity index (χ1) is 18.0. The lowest BCUT2D eigenvalue weighted by Crippen LogP contribution is -2.68. The average molecular weight is 553 g/mol. The van der Waals surface area contributed by atoms with E-state index in [1.165, 1.54) is 0 Å². The largest absolute Gasteiger partial charge is 0.520 e. The highest BCUT2D eigenvalue weighted by atomic mass is 35.5. The van der Waals surface area contributed by atoms with Gasteiger partial charge < -0.3 is 4.43 Å². The maximum Gasteiger partial charge on any atom is 0.421 e. The van der Waals surface area contributed by atoms with Crippen LogP contribution in [0.25, 0.3) is 16.7 Å². The Balaban J connectivity index is 1.80. The Morgan fingerprint density at radius 2 is 1.37 bits per heavy atom. The molecule has 0 spiro atoms. The van der Waals surface area contributed by atoms with Crippen LogP contribution in [0, 0.1) is 0 Å². The molecule has 0 unspecified atom stereocenters. The normalized spacial score (nSPS) is 12.6. The summed E-state index contributed by atoms with van der Waals surface area (Å²) in [5.74, 6) is -0.247. The molecule has 10 heteroatoms. The van der Waals surface area contributed by atoms with Gasteiger partial charge in [-0.15, -0.1) is 5.10 Å². The van der Waals surface area contributed by atoms with Gasteiger partial charge in [0, 0.05) is 6.20 Å². The van der Waals surface area contributed by atoms with Crippen molar-refractivity contribution in [2.75, 3.05) is 0 Å². The first-order valence-corrected chi connectivity index (χ1v) is 14.2. The van der Waals surface area contributed by atoms with Gasteiger partial charge in [0.15, 0.2) is 5.82 Å². The molecule has 0 saturated carbocycles. The summed E-state index contributed by atoms with van der Waals surface area (Å²) >= 11 is 5.95. The molecule has 5 nitrogen and oxygen atoms in total. The number of alkyl halides is 3. The summed E-state index contributed by atoms with van der Waals surface area (Å²) in [5, 5.41) is 6.49. The Kier molecular flexibility index (Phi) is 6.52. The van der Waals surface area contributed by atoms with Crippen LogP contribution in [0.4, 0.5) is 13.2 Å². The van der Waals surface area contributed by atoms with E-state index < -0.39 is 25.9 Å². The molecule has 0 radical (unpaired) electrons. The van der Waals surface area contributed by atoms with Gasteiger partial charge in [0.05, 0.1) is 10.9 Å². The monoisotopic (exact) mass is 552 g/mol. The molecular formula is C28H24ClF3N4OSi. The molecule has 3 aromatic carbocycles. The Morgan fingerprint density at radius 3 is 1.92 bits per heavy atom.